The van der Waals surface area contributed by atoms with Gasteiger partial charge in [0.2, 0.25) is 11.8 Å². The lowest BCUT2D eigenvalue weighted by Gasteiger charge is -2.32. The molecule has 0 spiro atoms. The predicted molar refractivity (Wildman–Crippen MR) is 102 cm³/mol. The molecule has 0 unspecified atom stereocenters. The van der Waals surface area contributed by atoms with Crippen molar-refractivity contribution in [2.75, 3.05) is 6.54 Å². The Morgan fingerprint density at radius 2 is 1.50 bits per heavy atom. The Kier molecular flexibility index (Phi) is 5.12. The largest absolute Gasteiger partial charge is 0.345 e. The van der Waals surface area contributed by atoms with Gasteiger partial charge in [-0.2, -0.15) is 0 Å². The fourth-order valence-electron chi connectivity index (χ4n) is 3.44. The average Bonchev–Trinajstić information content (AvgIpc) is 3.03. The van der Waals surface area contributed by atoms with Gasteiger partial charge in [0.15, 0.2) is 0 Å². The molecule has 1 N–H and O–H groups in total. The highest BCUT2D eigenvalue weighted by Gasteiger charge is 2.39. The van der Waals surface area contributed by atoms with Crippen molar-refractivity contribution in [2.45, 2.75) is 38.8 Å². The van der Waals surface area contributed by atoms with E-state index < -0.39 is 0 Å². The van der Waals surface area contributed by atoms with Crippen LogP contribution in [-0.4, -0.2) is 28.8 Å². The molecule has 0 aliphatic carbocycles. The van der Waals surface area contributed by atoms with E-state index in [0.717, 1.165) is 11.1 Å². The van der Waals surface area contributed by atoms with Gasteiger partial charge in [0.25, 0.3) is 0 Å². The third kappa shape index (κ3) is 3.96. The van der Waals surface area contributed by atoms with Gasteiger partial charge in [-0.3, -0.25) is 9.59 Å². The summed E-state index contributed by atoms with van der Waals surface area (Å²) in [6, 6.07) is 19.6. The summed E-state index contributed by atoms with van der Waals surface area (Å²) < 4.78 is 0. The number of carbonyl (C=O) groups is 2. The predicted octanol–water partition coefficient (Wildman–Crippen LogP) is 3.54. The summed E-state index contributed by atoms with van der Waals surface area (Å²) in [6.45, 7) is 6.48. The number of hydrogen-bond donors (Lipinski definition) is 1. The maximum Gasteiger partial charge on any atom is 0.226 e. The number of benzene rings is 2. The number of hydrogen-bond acceptors (Lipinski definition) is 2. The Labute approximate surface area is 155 Å². The lowest BCUT2D eigenvalue weighted by molar-refractivity contribution is -0.132. The van der Waals surface area contributed by atoms with Crippen molar-refractivity contribution in [3.63, 3.8) is 0 Å². The van der Waals surface area contributed by atoms with Crippen LogP contribution < -0.4 is 5.32 Å². The van der Waals surface area contributed by atoms with Gasteiger partial charge in [-0.05, 0) is 31.9 Å². The van der Waals surface area contributed by atoms with Crippen LogP contribution in [0.2, 0.25) is 0 Å². The van der Waals surface area contributed by atoms with Crippen molar-refractivity contribution in [1.82, 2.24) is 10.2 Å². The van der Waals surface area contributed by atoms with Crippen molar-refractivity contribution < 1.29 is 9.59 Å². The van der Waals surface area contributed by atoms with Crippen molar-refractivity contribution in [3.8, 4) is 0 Å². The van der Waals surface area contributed by atoms with E-state index >= 15 is 0 Å². The van der Waals surface area contributed by atoms with Crippen molar-refractivity contribution in [3.05, 3.63) is 71.8 Å². The van der Waals surface area contributed by atoms with Gasteiger partial charge in [0.1, 0.15) is 0 Å². The van der Waals surface area contributed by atoms with E-state index in [9.17, 15) is 9.59 Å². The van der Waals surface area contributed by atoms with Gasteiger partial charge in [-0.15, -0.1) is 0 Å². The Morgan fingerprint density at radius 3 is 1.92 bits per heavy atom. The third-order valence-corrected chi connectivity index (χ3v) is 4.86. The van der Waals surface area contributed by atoms with Gasteiger partial charge in [0, 0.05) is 18.5 Å². The van der Waals surface area contributed by atoms with Crippen LogP contribution in [-0.2, 0) is 9.59 Å². The van der Waals surface area contributed by atoms with E-state index in [1.165, 1.54) is 0 Å². The molecular weight excluding hydrogens is 324 g/mol. The Balaban J connectivity index is 1.80. The first-order valence-corrected chi connectivity index (χ1v) is 9.07. The lowest BCUT2D eigenvalue weighted by atomic mass is 9.97. The van der Waals surface area contributed by atoms with Crippen LogP contribution in [0.5, 0.6) is 0 Å². The van der Waals surface area contributed by atoms with Gasteiger partial charge in [0.05, 0.1) is 12.0 Å². The van der Waals surface area contributed by atoms with Gasteiger partial charge in [-0.25, -0.2) is 0 Å². The first-order valence-electron chi connectivity index (χ1n) is 9.07. The van der Waals surface area contributed by atoms with E-state index in [2.05, 4.69) is 5.32 Å². The second kappa shape index (κ2) is 7.32. The zero-order valence-corrected chi connectivity index (χ0v) is 15.6. The quantitative estimate of drug-likeness (QED) is 0.917. The maximum atomic E-state index is 12.9. The number of carbonyl (C=O) groups excluding carboxylic acids is 2. The summed E-state index contributed by atoms with van der Waals surface area (Å²) in [5, 5.41) is 3.17. The topological polar surface area (TPSA) is 49.4 Å². The second-order valence-corrected chi connectivity index (χ2v) is 7.84. The molecule has 2 amide bonds. The van der Waals surface area contributed by atoms with Crippen LogP contribution in [0.15, 0.2) is 60.7 Å². The summed E-state index contributed by atoms with van der Waals surface area (Å²) in [6.07, 6.45) is 0.277. The van der Waals surface area contributed by atoms with Gasteiger partial charge in [-0.1, -0.05) is 60.7 Å². The SMILES string of the molecule is CC(C)(C)N1C[C@@H](C(=O)NC(c2ccccc2)c2ccccc2)CC1=O. The molecule has 26 heavy (non-hydrogen) atoms. The molecule has 1 aliphatic heterocycles. The van der Waals surface area contributed by atoms with Gasteiger partial charge < -0.3 is 10.2 Å². The minimum Gasteiger partial charge on any atom is -0.345 e. The number of nitrogens with one attached hydrogen (secondary N) is 1. The standard InChI is InChI=1S/C22H26N2O2/c1-22(2,3)24-15-18(14-19(24)25)21(26)23-20(16-10-6-4-7-11-16)17-12-8-5-9-13-17/h4-13,18,20H,14-15H2,1-3H3,(H,23,26)/t18-/m0/s1. The summed E-state index contributed by atoms with van der Waals surface area (Å²) in [5.74, 6) is -0.326. The van der Waals surface area contributed by atoms with Crippen LogP contribution in [0.4, 0.5) is 0 Å². The molecule has 0 radical (unpaired) electrons. The molecule has 3 rings (SSSR count). The molecule has 4 heteroatoms. The first-order chi connectivity index (χ1) is 12.4. The Hall–Kier alpha value is -2.62. The molecule has 2 aromatic carbocycles. The molecule has 136 valence electrons. The minimum absolute atomic E-state index is 0.0497. The second-order valence-electron chi connectivity index (χ2n) is 7.84. The monoisotopic (exact) mass is 350 g/mol. The molecule has 2 aromatic rings. The van der Waals surface area contributed by atoms with E-state index in [1.54, 1.807) is 4.90 Å². The van der Waals surface area contributed by atoms with Crippen molar-refractivity contribution in [1.29, 1.82) is 0 Å². The normalized spacial score (nSPS) is 17.6. The minimum atomic E-state index is -0.309. The van der Waals surface area contributed by atoms with E-state index in [1.807, 2.05) is 81.4 Å². The molecule has 1 fully saturated rings. The number of likely N-dealkylation sites (tertiary alicyclic amines) is 1. The average molecular weight is 350 g/mol. The van der Waals surface area contributed by atoms with Crippen LogP contribution in [0.1, 0.15) is 44.4 Å². The summed E-state index contributed by atoms with van der Waals surface area (Å²) in [5.41, 5.74) is 1.80. The fourth-order valence-corrected chi connectivity index (χ4v) is 3.44. The van der Waals surface area contributed by atoms with E-state index in [-0.39, 0.29) is 35.7 Å². The summed E-state index contributed by atoms with van der Waals surface area (Å²) >= 11 is 0. The summed E-state index contributed by atoms with van der Waals surface area (Å²) in [4.78, 5) is 27.0. The smallest absolute Gasteiger partial charge is 0.226 e. The molecule has 1 saturated heterocycles. The van der Waals surface area contributed by atoms with Crippen molar-refractivity contribution >= 4 is 11.8 Å². The van der Waals surface area contributed by atoms with Crippen LogP contribution in [0.25, 0.3) is 0 Å². The fraction of sp³-hybridized carbons (Fsp3) is 0.364. The molecule has 0 aromatic heterocycles. The van der Waals surface area contributed by atoms with E-state index in [0.29, 0.717) is 6.54 Å². The van der Waals surface area contributed by atoms with Crippen LogP contribution in [0, 0.1) is 5.92 Å². The third-order valence-electron chi connectivity index (χ3n) is 4.86. The van der Waals surface area contributed by atoms with Crippen LogP contribution >= 0.6 is 0 Å². The molecule has 0 bridgehead atoms. The highest BCUT2D eigenvalue weighted by molar-refractivity contribution is 5.90. The Morgan fingerprint density at radius 1 is 1.00 bits per heavy atom. The molecule has 0 saturated carbocycles. The summed E-state index contributed by atoms with van der Waals surface area (Å²) in [7, 11) is 0. The highest BCUT2D eigenvalue weighted by atomic mass is 16.2. The highest BCUT2D eigenvalue weighted by Crippen LogP contribution is 2.28. The van der Waals surface area contributed by atoms with Gasteiger partial charge >= 0.3 is 0 Å². The molecule has 4 nitrogen and oxygen atoms in total. The number of nitrogens with zero attached hydrogens (tertiary/aromatic N) is 1. The molecule has 1 heterocycles. The first kappa shape index (κ1) is 18.2. The number of rotatable bonds is 4. The zero-order valence-electron chi connectivity index (χ0n) is 15.6. The maximum absolute atomic E-state index is 12.9. The lowest BCUT2D eigenvalue weighted by Crippen LogP contribution is -2.43. The molecule has 1 atom stereocenters. The Bertz CT molecular complexity index is 726. The van der Waals surface area contributed by atoms with Crippen molar-refractivity contribution in [2.24, 2.45) is 5.92 Å². The molecule has 1 aliphatic rings. The van der Waals surface area contributed by atoms with E-state index in [4.69, 9.17) is 0 Å². The zero-order chi connectivity index (χ0) is 18.7. The molecular formula is C22H26N2O2. The van der Waals surface area contributed by atoms with Crippen LogP contribution in [0.3, 0.4) is 0 Å². The number of amides is 2.